The van der Waals surface area contributed by atoms with E-state index in [1.807, 2.05) is 30.3 Å². The van der Waals surface area contributed by atoms with Crippen LogP contribution >= 0.6 is 0 Å². The Kier molecular flexibility index (Phi) is 8.05. The zero-order chi connectivity index (χ0) is 32.8. The molecule has 4 aromatic carbocycles. The third kappa shape index (κ3) is 6.19. The van der Waals surface area contributed by atoms with E-state index < -0.39 is 51.1 Å². The van der Waals surface area contributed by atoms with E-state index in [-0.39, 0.29) is 63.4 Å². The van der Waals surface area contributed by atoms with E-state index in [9.17, 15) is 27.1 Å². The third-order valence-corrected chi connectivity index (χ3v) is 10.3. The summed E-state index contributed by atoms with van der Waals surface area (Å²) in [6.45, 7) is 3.72. The number of sulfone groups is 1. The van der Waals surface area contributed by atoms with Gasteiger partial charge in [-0.3, -0.25) is 9.69 Å². The maximum Gasteiger partial charge on any atom is 0.232 e. The summed E-state index contributed by atoms with van der Waals surface area (Å²) < 4.78 is 78.5. The Balaban J connectivity index is 1.53. The van der Waals surface area contributed by atoms with Gasteiger partial charge in [-0.05, 0) is 59.4 Å². The van der Waals surface area contributed by atoms with Crippen LogP contribution in [0.5, 0.6) is 11.5 Å². The van der Waals surface area contributed by atoms with Crippen molar-refractivity contribution in [2.24, 2.45) is 5.41 Å². The van der Waals surface area contributed by atoms with Gasteiger partial charge >= 0.3 is 0 Å². The normalized spacial score (nSPS) is 18.2. The Morgan fingerprint density at radius 2 is 1.67 bits per heavy atom. The molecule has 0 spiro atoms. The summed E-state index contributed by atoms with van der Waals surface area (Å²) in [6.07, 6.45) is -0.336. The summed E-state index contributed by atoms with van der Waals surface area (Å²) >= 11 is 0. The zero-order valence-electron chi connectivity index (χ0n) is 25.1. The summed E-state index contributed by atoms with van der Waals surface area (Å²) in [5.74, 6) is -3.77. The minimum Gasteiger partial charge on any atom is -0.506 e. The van der Waals surface area contributed by atoms with E-state index in [0.29, 0.717) is 6.07 Å². The molecule has 0 saturated carbocycles. The number of phenols is 1. The molecule has 46 heavy (non-hydrogen) atoms. The molecule has 2 aliphatic heterocycles. The van der Waals surface area contributed by atoms with Gasteiger partial charge in [0.25, 0.3) is 0 Å². The lowest BCUT2D eigenvalue weighted by Crippen LogP contribution is -2.42. The lowest BCUT2D eigenvalue weighted by Gasteiger charge is -2.37. The highest BCUT2D eigenvalue weighted by Gasteiger charge is 2.47. The molecule has 0 fully saturated rings. The van der Waals surface area contributed by atoms with Crippen molar-refractivity contribution in [2.45, 2.75) is 39.3 Å². The van der Waals surface area contributed by atoms with Crippen LogP contribution in [0.2, 0.25) is 0 Å². The van der Waals surface area contributed by atoms with E-state index in [0.717, 1.165) is 28.7 Å². The number of hydrogen-bond acceptors (Lipinski definition) is 6. The standard InChI is InChI=1S/C35H31F3N2O5S/c1-35(2)18-28-34(46(43,44)20-35)33(26-12-11-25(17-27(26)38)45-19-21-7-4-3-5-8-21)40(29-9-6-10-30(41)32(29)39-28)31(42)15-22-13-23(36)16-24(37)14-22/h3-14,16-17,33,39,41H,15,18-20H2,1-2H3. The molecule has 0 aromatic heterocycles. The van der Waals surface area contributed by atoms with Gasteiger partial charge in [-0.15, -0.1) is 0 Å². The van der Waals surface area contributed by atoms with E-state index in [1.165, 1.54) is 30.3 Å². The first-order valence-electron chi connectivity index (χ1n) is 14.6. The first-order chi connectivity index (χ1) is 21.8. The van der Waals surface area contributed by atoms with Gasteiger partial charge < -0.3 is 15.2 Å². The molecule has 2 N–H and O–H groups in total. The molecule has 238 valence electrons. The smallest absolute Gasteiger partial charge is 0.232 e. The minimum absolute atomic E-state index is 0.00729. The van der Waals surface area contributed by atoms with E-state index in [4.69, 9.17) is 4.74 Å². The van der Waals surface area contributed by atoms with Crippen molar-refractivity contribution in [1.82, 2.24) is 0 Å². The Bertz CT molecular complexity index is 1960. The van der Waals surface area contributed by atoms with Crippen LogP contribution in [0.25, 0.3) is 0 Å². The van der Waals surface area contributed by atoms with Gasteiger partial charge in [-0.1, -0.05) is 50.2 Å². The maximum absolute atomic E-state index is 16.3. The van der Waals surface area contributed by atoms with Crippen molar-refractivity contribution in [3.05, 3.63) is 130 Å². The molecule has 0 aliphatic carbocycles. The number of halogens is 3. The van der Waals surface area contributed by atoms with Gasteiger partial charge in [0.1, 0.15) is 47.3 Å². The van der Waals surface area contributed by atoms with Crippen LogP contribution in [0.4, 0.5) is 24.5 Å². The number of benzene rings is 4. The van der Waals surface area contributed by atoms with Gasteiger partial charge in [0, 0.05) is 23.4 Å². The number of carbonyl (C=O) groups excluding carboxylic acids is 1. The fourth-order valence-corrected chi connectivity index (χ4v) is 8.55. The summed E-state index contributed by atoms with van der Waals surface area (Å²) in [7, 11) is -4.14. The number of nitrogens with one attached hydrogen (secondary N) is 1. The molecule has 7 nitrogen and oxygen atoms in total. The van der Waals surface area contributed by atoms with Gasteiger partial charge in [-0.25, -0.2) is 21.6 Å². The molecule has 1 amide bonds. The van der Waals surface area contributed by atoms with Crippen molar-refractivity contribution in [2.75, 3.05) is 16.0 Å². The Morgan fingerprint density at radius 1 is 0.957 bits per heavy atom. The molecular weight excluding hydrogens is 617 g/mol. The zero-order valence-corrected chi connectivity index (χ0v) is 25.9. The molecule has 2 heterocycles. The second-order valence-corrected chi connectivity index (χ2v) is 14.3. The number of carbonyl (C=O) groups is 1. The molecule has 2 aliphatic rings. The average Bonchev–Trinajstić information content (AvgIpc) is 3.11. The number of aromatic hydroxyl groups is 1. The SMILES string of the molecule is CC1(C)CC2=C(C(c3ccc(OCc4ccccc4)cc3F)N(C(=O)Cc3cc(F)cc(F)c3)c3cccc(O)c3N2)S(=O)(=O)C1. The number of anilines is 2. The fraction of sp³-hybridized carbons (Fsp3) is 0.229. The van der Waals surface area contributed by atoms with Crippen LogP contribution in [0.3, 0.4) is 0 Å². The molecule has 1 atom stereocenters. The summed E-state index contributed by atoms with van der Waals surface area (Å²) in [5.41, 5.74) is 0.303. The molecule has 4 aromatic rings. The van der Waals surface area contributed by atoms with Crippen LogP contribution in [-0.2, 0) is 27.7 Å². The molecular formula is C35H31F3N2O5S. The number of para-hydroxylation sites is 1. The molecule has 0 bridgehead atoms. The predicted molar refractivity (Wildman–Crippen MR) is 168 cm³/mol. The van der Waals surface area contributed by atoms with Crippen LogP contribution in [-0.4, -0.2) is 25.2 Å². The Labute approximate surface area is 264 Å². The topological polar surface area (TPSA) is 95.9 Å². The minimum atomic E-state index is -4.14. The highest BCUT2D eigenvalue weighted by atomic mass is 32.2. The van der Waals surface area contributed by atoms with E-state index >= 15 is 4.39 Å². The predicted octanol–water partition coefficient (Wildman–Crippen LogP) is 7.19. The van der Waals surface area contributed by atoms with Gasteiger partial charge in [0.2, 0.25) is 5.91 Å². The van der Waals surface area contributed by atoms with E-state index in [1.54, 1.807) is 13.8 Å². The fourth-order valence-electron chi connectivity index (χ4n) is 6.19. The lowest BCUT2D eigenvalue weighted by atomic mass is 9.88. The first-order valence-corrected chi connectivity index (χ1v) is 16.2. The molecule has 11 heteroatoms. The third-order valence-electron chi connectivity index (χ3n) is 7.99. The molecule has 0 saturated heterocycles. The second-order valence-electron chi connectivity index (χ2n) is 12.3. The molecule has 1 unspecified atom stereocenters. The van der Waals surface area contributed by atoms with Crippen molar-refractivity contribution in [3.63, 3.8) is 0 Å². The van der Waals surface area contributed by atoms with Crippen LogP contribution in [0.1, 0.15) is 43.0 Å². The summed E-state index contributed by atoms with van der Waals surface area (Å²) in [6, 6.07) is 18.7. The lowest BCUT2D eigenvalue weighted by molar-refractivity contribution is -0.118. The number of rotatable bonds is 6. The van der Waals surface area contributed by atoms with Gasteiger partial charge in [0.05, 0.1) is 22.8 Å². The number of fused-ring (bicyclic) bond motifs is 1. The Hall–Kier alpha value is -4.77. The quantitative estimate of drug-likeness (QED) is 0.215. The number of amides is 1. The largest absolute Gasteiger partial charge is 0.506 e. The average molecular weight is 649 g/mol. The highest BCUT2D eigenvalue weighted by Crippen LogP contribution is 2.51. The van der Waals surface area contributed by atoms with Crippen molar-refractivity contribution in [3.8, 4) is 11.5 Å². The van der Waals surface area contributed by atoms with Crippen LogP contribution in [0.15, 0.2) is 95.5 Å². The summed E-state index contributed by atoms with van der Waals surface area (Å²) in [5, 5.41) is 14.0. The number of hydrogen-bond donors (Lipinski definition) is 2. The molecule has 6 rings (SSSR count). The van der Waals surface area contributed by atoms with Crippen molar-refractivity contribution < 1.29 is 36.2 Å². The number of phenolic OH excluding ortho intramolecular Hbond substituents is 1. The maximum atomic E-state index is 16.3. The molecule has 0 radical (unpaired) electrons. The summed E-state index contributed by atoms with van der Waals surface area (Å²) in [4.78, 5) is 15.1. The van der Waals surface area contributed by atoms with Crippen LogP contribution < -0.4 is 15.0 Å². The first kappa shape index (κ1) is 31.2. The number of allylic oxidation sites excluding steroid dienone is 1. The Morgan fingerprint density at radius 3 is 2.37 bits per heavy atom. The van der Waals surface area contributed by atoms with Crippen LogP contribution in [0, 0.1) is 22.9 Å². The monoisotopic (exact) mass is 648 g/mol. The second kappa shape index (κ2) is 11.9. The highest BCUT2D eigenvalue weighted by molar-refractivity contribution is 7.95. The van der Waals surface area contributed by atoms with E-state index in [2.05, 4.69) is 5.32 Å². The van der Waals surface area contributed by atoms with Crippen molar-refractivity contribution in [1.29, 1.82) is 0 Å². The number of nitrogens with zero attached hydrogens (tertiary/aromatic N) is 1. The van der Waals surface area contributed by atoms with Gasteiger partial charge in [-0.2, -0.15) is 0 Å². The van der Waals surface area contributed by atoms with Crippen molar-refractivity contribution >= 4 is 27.1 Å². The number of ether oxygens (including phenoxy) is 1. The van der Waals surface area contributed by atoms with Gasteiger partial charge in [0.15, 0.2) is 9.84 Å².